The molecule has 0 spiro atoms. The van der Waals surface area contributed by atoms with Crippen LogP contribution in [0.5, 0.6) is 0 Å². The van der Waals surface area contributed by atoms with Crippen molar-refractivity contribution >= 4 is 31.6 Å². The Bertz CT molecular complexity index is 772. The molecule has 0 aromatic heterocycles. The first-order valence-corrected chi connectivity index (χ1v) is 8.61. The van der Waals surface area contributed by atoms with Crippen LogP contribution in [0.4, 0.5) is 5.69 Å². The van der Waals surface area contributed by atoms with Crippen LogP contribution in [0, 0.1) is 13.8 Å². The largest absolute Gasteiger partial charge is 0.392 e. The summed E-state index contributed by atoms with van der Waals surface area (Å²) in [6.45, 7) is 3.39. The highest BCUT2D eigenvalue weighted by molar-refractivity contribution is 9.10. The van der Waals surface area contributed by atoms with Gasteiger partial charge in [-0.1, -0.05) is 18.2 Å². The maximum atomic E-state index is 12.5. The first-order chi connectivity index (χ1) is 9.85. The molecule has 0 aliphatic carbocycles. The van der Waals surface area contributed by atoms with Gasteiger partial charge in [-0.2, -0.15) is 0 Å². The van der Waals surface area contributed by atoms with Gasteiger partial charge in [-0.3, -0.25) is 4.72 Å². The molecule has 0 atom stereocenters. The SMILES string of the molecule is Cc1ccc(Br)c(NS(=O)(=O)c2cccc(CO)c2C)c1. The molecule has 0 aliphatic rings. The lowest BCUT2D eigenvalue weighted by molar-refractivity contribution is 0.280. The van der Waals surface area contributed by atoms with Gasteiger partial charge in [0, 0.05) is 4.47 Å². The van der Waals surface area contributed by atoms with Gasteiger partial charge in [0.1, 0.15) is 0 Å². The van der Waals surface area contributed by atoms with Gasteiger partial charge in [0.2, 0.25) is 0 Å². The average molecular weight is 370 g/mol. The van der Waals surface area contributed by atoms with Crippen LogP contribution in [-0.2, 0) is 16.6 Å². The van der Waals surface area contributed by atoms with E-state index in [0.29, 0.717) is 21.3 Å². The number of hydrogen-bond donors (Lipinski definition) is 2. The number of aryl methyl sites for hydroxylation is 1. The van der Waals surface area contributed by atoms with E-state index in [1.807, 2.05) is 13.0 Å². The summed E-state index contributed by atoms with van der Waals surface area (Å²) in [5, 5.41) is 9.26. The van der Waals surface area contributed by atoms with Crippen LogP contribution < -0.4 is 4.72 Å². The van der Waals surface area contributed by atoms with Crippen molar-refractivity contribution in [3.8, 4) is 0 Å². The standard InChI is InChI=1S/C15H16BrNO3S/c1-10-6-7-13(16)14(8-10)17-21(19,20)15-5-3-4-12(9-18)11(15)2/h3-8,17-18H,9H2,1-2H3. The number of sulfonamides is 1. The number of benzene rings is 2. The number of halogens is 1. The summed E-state index contributed by atoms with van der Waals surface area (Å²) in [5.74, 6) is 0. The molecule has 2 aromatic rings. The fourth-order valence-corrected chi connectivity index (χ4v) is 3.88. The Labute approximate surface area is 133 Å². The van der Waals surface area contributed by atoms with Crippen molar-refractivity contribution < 1.29 is 13.5 Å². The topological polar surface area (TPSA) is 66.4 Å². The summed E-state index contributed by atoms with van der Waals surface area (Å²) in [6.07, 6.45) is 0. The first-order valence-electron chi connectivity index (χ1n) is 6.33. The van der Waals surface area contributed by atoms with Crippen molar-refractivity contribution in [2.75, 3.05) is 4.72 Å². The fraction of sp³-hybridized carbons (Fsp3) is 0.200. The summed E-state index contributed by atoms with van der Waals surface area (Å²) in [7, 11) is -3.71. The van der Waals surface area contributed by atoms with Gasteiger partial charge in [-0.25, -0.2) is 8.42 Å². The van der Waals surface area contributed by atoms with Crippen LogP contribution in [0.15, 0.2) is 45.8 Å². The van der Waals surface area contributed by atoms with E-state index in [-0.39, 0.29) is 11.5 Å². The van der Waals surface area contributed by atoms with Gasteiger partial charge in [0.25, 0.3) is 10.0 Å². The van der Waals surface area contributed by atoms with Crippen LogP contribution in [0.25, 0.3) is 0 Å². The average Bonchev–Trinajstić information content (AvgIpc) is 2.42. The Morgan fingerprint density at radius 1 is 1.19 bits per heavy atom. The molecule has 0 radical (unpaired) electrons. The summed E-state index contributed by atoms with van der Waals surface area (Å²) >= 11 is 3.34. The first kappa shape index (κ1) is 16.0. The van der Waals surface area contributed by atoms with Crippen LogP contribution in [-0.4, -0.2) is 13.5 Å². The van der Waals surface area contributed by atoms with Gasteiger partial charge in [0.15, 0.2) is 0 Å². The molecule has 6 heteroatoms. The zero-order valence-electron chi connectivity index (χ0n) is 11.7. The minimum absolute atomic E-state index is 0.169. The molecule has 0 amide bonds. The lowest BCUT2D eigenvalue weighted by atomic mass is 10.1. The van der Waals surface area contributed by atoms with Crippen molar-refractivity contribution in [2.24, 2.45) is 0 Å². The van der Waals surface area contributed by atoms with E-state index in [9.17, 15) is 13.5 Å². The maximum absolute atomic E-state index is 12.5. The normalized spacial score (nSPS) is 11.4. The van der Waals surface area contributed by atoms with Crippen molar-refractivity contribution in [1.29, 1.82) is 0 Å². The smallest absolute Gasteiger partial charge is 0.262 e. The van der Waals surface area contributed by atoms with Crippen LogP contribution in [0.3, 0.4) is 0 Å². The molecule has 0 unspecified atom stereocenters. The molecular formula is C15H16BrNO3S. The Morgan fingerprint density at radius 2 is 1.90 bits per heavy atom. The molecule has 21 heavy (non-hydrogen) atoms. The maximum Gasteiger partial charge on any atom is 0.262 e. The fourth-order valence-electron chi connectivity index (χ4n) is 2.04. The lowest BCUT2D eigenvalue weighted by Crippen LogP contribution is -2.15. The molecule has 0 bridgehead atoms. The van der Waals surface area contributed by atoms with Gasteiger partial charge in [0.05, 0.1) is 17.2 Å². The molecule has 0 aliphatic heterocycles. The van der Waals surface area contributed by atoms with E-state index in [2.05, 4.69) is 20.7 Å². The molecule has 0 saturated carbocycles. The quantitative estimate of drug-likeness (QED) is 0.867. The third-order valence-electron chi connectivity index (χ3n) is 3.22. The molecule has 2 aromatic carbocycles. The van der Waals surface area contributed by atoms with Crippen LogP contribution in [0.2, 0.25) is 0 Å². The van der Waals surface area contributed by atoms with E-state index in [0.717, 1.165) is 5.56 Å². The highest BCUT2D eigenvalue weighted by Gasteiger charge is 2.19. The summed E-state index contributed by atoms with van der Waals surface area (Å²) in [5.41, 5.74) is 2.60. The van der Waals surface area contributed by atoms with Gasteiger partial charge < -0.3 is 5.11 Å². The monoisotopic (exact) mass is 369 g/mol. The third kappa shape index (κ3) is 3.45. The predicted molar refractivity (Wildman–Crippen MR) is 86.8 cm³/mol. The summed E-state index contributed by atoms with van der Waals surface area (Å²) in [4.78, 5) is 0.169. The van der Waals surface area contributed by atoms with Gasteiger partial charge >= 0.3 is 0 Å². The second-order valence-electron chi connectivity index (χ2n) is 4.79. The second kappa shape index (κ2) is 6.17. The van der Waals surface area contributed by atoms with Crippen LogP contribution in [0.1, 0.15) is 16.7 Å². The molecule has 2 rings (SSSR count). The Morgan fingerprint density at radius 3 is 2.57 bits per heavy atom. The van der Waals surface area contributed by atoms with Crippen molar-refractivity contribution in [1.82, 2.24) is 0 Å². The molecule has 4 nitrogen and oxygen atoms in total. The zero-order valence-corrected chi connectivity index (χ0v) is 14.1. The molecule has 112 valence electrons. The minimum Gasteiger partial charge on any atom is -0.392 e. The summed E-state index contributed by atoms with van der Waals surface area (Å²) in [6, 6.07) is 10.3. The Hall–Kier alpha value is -1.37. The molecule has 0 heterocycles. The number of aliphatic hydroxyl groups excluding tert-OH is 1. The minimum atomic E-state index is -3.71. The van der Waals surface area contributed by atoms with Crippen molar-refractivity contribution in [3.05, 3.63) is 57.6 Å². The molecule has 0 saturated heterocycles. The number of anilines is 1. The van der Waals surface area contributed by atoms with Gasteiger partial charge in [-0.05, 0) is 64.7 Å². The predicted octanol–water partition coefficient (Wildman–Crippen LogP) is 3.36. The molecule has 0 fully saturated rings. The third-order valence-corrected chi connectivity index (χ3v) is 5.42. The van der Waals surface area contributed by atoms with Gasteiger partial charge in [-0.15, -0.1) is 0 Å². The Kier molecular flexibility index (Phi) is 4.70. The van der Waals surface area contributed by atoms with E-state index >= 15 is 0 Å². The van der Waals surface area contributed by atoms with E-state index < -0.39 is 10.0 Å². The van der Waals surface area contributed by atoms with Crippen molar-refractivity contribution in [2.45, 2.75) is 25.3 Å². The number of aliphatic hydroxyl groups is 1. The van der Waals surface area contributed by atoms with Crippen LogP contribution >= 0.6 is 15.9 Å². The molecule has 2 N–H and O–H groups in total. The van der Waals surface area contributed by atoms with E-state index in [1.165, 1.54) is 6.07 Å². The van der Waals surface area contributed by atoms with Crippen molar-refractivity contribution in [3.63, 3.8) is 0 Å². The Balaban J connectivity index is 2.46. The molecular weight excluding hydrogens is 354 g/mol. The second-order valence-corrected chi connectivity index (χ2v) is 7.29. The number of rotatable bonds is 4. The number of nitrogens with one attached hydrogen (secondary N) is 1. The summed E-state index contributed by atoms with van der Waals surface area (Å²) < 4.78 is 28.3. The van der Waals surface area contributed by atoms with E-state index in [4.69, 9.17) is 0 Å². The zero-order chi connectivity index (χ0) is 15.6. The number of hydrogen-bond acceptors (Lipinski definition) is 3. The lowest BCUT2D eigenvalue weighted by Gasteiger charge is -2.14. The highest BCUT2D eigenvalue weighted by Crippen LogP contribution is 2.27. The van der Waals surface area contributed by atoms with E-state index in [1.54, 1.807) is 31.2 Å². The highest BCUT2D eigenvalue weighted by atomic mass is 79.9.